The molecule has 1 unspecified atom stereocenters. The quantitative estimate of drug-likeness (QED) is 0.342. The van der Waals surface area contributed by atoms with Gasteiger partial charge < -0.3 is 10.2 Å². The van der Waals surface area contributed by atoms with Gasteiger partial charge in [-0.15, -0.1) is 35.3 Å². The number of guanidine groups is 1. The number of hydrogen-bond acceptors (Lipinski definition) is 4. The second-order valence-electron chi connectivity index (χ2n) is 6.50. The van der Waals surface area contributed by atoms with Crippen molar-refractivity contribution < 1.29 is 0 Å². The van der Waals surface area contributed by atoms with Gasteiger partial charge in [0, 0.05) is 54.8 Å². The third-order valence-corrected chi connectivity index (χ3v) is 6.26. The Morgan fingerprint density at radius 2 is 1.93 bits per heavy atom. The lowest BCUT2D eigenvalue weighted by atomic mass is 10.1. The Morgan fingerprint density at radius 3 is 2.48 bits per heavy atom. The monoisotopic (exact) mass is 563 g/mol. The van der Waals surface area contributed by atoms with E-state index in [0.29, 0.717) is 6.04 Å². The first-order valence-corrected chi connectivity index (χ1v) is 10.5. The lowest BCUT2D eigenvalue weighted by molar-refractivity contribution is 0.138. The lowest BCUT2D eigenvalue weighted by Gasteiger charge is -2.39. The fraction of sp³-hybridized carbons (Fsp3) is 0.474. The Hall–Kier alpha value is -0.710. The molecule has 1 N–H and O–H groups in total. The summed E-state index contributed by atoms with van der Waals surface area (Å²) in [5.41, 5.74) is 1.37. The molecule has 0 radical (unpaired) electrons. The fourth-order valence-electron chi connectivity index (χ4n) is 3.26. The summed E-state index contributed by atoms with van der Waals surface area (Å²) in [5.74, 6) is 0.979. The van der Waals surface area contributed by atoms with Gasteiger partial charge >= 0.3 is 0 Å². The molecule has 2 aromatic rings. The highest BCUT2D eigenvalue weighted by molar-refractivity contribution is 14.0. The average Bonchev–Trinajstić information content (AvgIpc) is 3.08. The molecule has 1 atom stereocenters. The number of hydrogen-bond donors (Lipinski definition) is 1. The van der Waals surface area contributed by atoms with Crippen LogP contribution in [-0.4, -0.2) is 54.0 Å². The van der Waals surface area contributed by atoms with E-state index in [9.17, 15) is 0 Å². The molecular formula is C19H27BrIN5S. The minimum atomic E-state index is 0. The van der Waals surface area contributed by atoms with Gasteiger partial charge in [0.25, 0.3) is 0 Å². The SMILES string of the molecule is CN=C(NCc1cnc(C)s1)N1CCN(C(C)c2ccc(Br)cc2)CC1.I. The number of rotatable bonds is 4. The van der Waals surface area contributed by atoms with Crippen LogP contribution in [0.15, 0.2) is 39.9 Å². The Labute approximate surface area is 191 Å². The van der Waals surface area contributed by atoms with E-state index in [1.54, 1.807) is 11.3 Å². The van der Waals surface area contributed by atoms with Crippen molar-refractivity contribution in [1.82, 2.24) is 20.1 Å². The van der Waals surface area contributed by atoms with Crippen molar-refractivity contribution in [3.05, 3.63) is 50.4 Å². The summed E-state index contributed by atoms with van der Waals surface area (Å²) in [6, 6.07) is 9.09. The minimum absolute atomic E-state index is 0. The van der Waals surface area contributed by atoms with Crippen molar-refractivity contribution in [2.45, 2.75) is 26.4 Å². The summed E-state index contributed by atoms with van der Waals surface area (Å²) >= 11 is 5.24. The van der Waals surface area contributed by atoms with Crippen LogP contribution in [0.1, 0.15) is 28.4 Å². The van der Waals surface area contributed by atoms with Gasteiger partial charge in [-0.3, -0.25) is 9.89 Å². The maximum Gasteiger partial charge on any atom is 0.194 e. The number of piperazine rings is 1. The fourth-order valence-corrected chi connectivity index (χ4v) is 4.26. The molecule has 8 heteroatoms. The number of halogens is 2. The van der Waals surface area contributed by atoms with E-state index in [1.807, 2.05) is 20.2 Å². The van der Waals surface area contributed by atoms with Crippen LogP contribution in [0, 0.1) is 6.92 Å². The van der Waals surface area contributed by atoms with Gasteiger partial charge in [0.2, 0.25) is 0 Å². The predicted octanol–water partition coefficient (Wildman–Crippen LogP) is 4.29. The van der Waals surface area contributed by atoms with Crippen LogP contribution in [-0.2, 0) is 6.54 Å². The normalized spacial score (nSPS) is 16.7. The van der Waals surface area contributed by atoms with Crippen molar-refractivity contribution in [3.63, 3.8) is 0 Å². The number of thiazole rings is 1. The molecule has 1 aromatic carbocycles. The topological polar surface area (TPSA) is 43.8 Å². The maximum atomic E-state index is 4.46. The van der Waals surface area contributed by atoms with E-state index in [4.69, 9.17) is 0 Å². The summed E-state index contributed by atoms with van der Waals surface area (Å²) in [4.78, 5) is 14.9. The second-order valence-corrected chi connectivity index (χ2v) is 8.73. The van der Waals surface area contributed by atoms with Crippen LogP contribution < -0.4 is 5.32 Å². The highest BCUT2D eigenvalue weighted by atomic mass is 127. The first-order chi connectivity index (χ1) is 12.6. The smallest absolute Gasteiger partial charge is 0.194 e. The van der Waals surface area contributed by atoms with Crippen LogP contribution in [0.2, 0.25) is 0 Å². The summed E-state index contributed by atoms with van der Waals surface area (Å²) in [6.07, 6.45) is 1.94. The average molecular weight is 564 g/mol. The van der Waals surface area contributed by atoms with Crippen molar-refractivity contribution >= 4 is 57.2 Å². The highest BCUT2D eigenvalue weighted by Crippen LogP contribution is 2.23. The second kappa shape index (κ2) is 10.7. The molecule has 3 rings (SSSR count). The van der Waals surface area contributed by atoms with Gasteiger partial charge in [0.05, 0.1) is 11.6 Å². The molecule has 0 aliphatic carbocycles. The molecule has 1 aliphatic rings. The van der Waals surface area contributed by atoms with Gasteiger partial charge in [-0.1, -0.05) is 28.1 Å². The molecule has 148 valence electrons. The first-order valence-electron chi connectivity index (χ1n) is 8.93. The van der Waals surface area contributed by atoms with Gasteiger partial charge in [0.1, 0.15) is 0 Å². The molecule has 0 saturated carbocycles. The number of nitrogens with zero attached hydrogens (tertiary/aromatic N) is 4. The Balaban J connectivity index is 0.00000261. The minimum Gasteiger partial charge on any atom is -0.351 e. The van der Waals surface area contributed by atoms with Gasteiger partial charge in [-0.05, 0) is 31.5 Å². The predicted molar refractivity (Wildman–Crippen MR) is 128 cm³/mol. The number of nitrogens with one attached hydrogen (secondary N) is 1. The highest BCUT2D eigenvalue weighted by Gasteiger charge is 2.23. The molecule has 1 fully saturated rings. The third-order valence-electron chi connectivity index (χ3n) is 4.82. The number of aryl methyl sites for hydroxylation is 1. The van der Waals surface area contributed by atoms with E-state index in [-0.39, 0.29) is 24.0 Å². The molecular weight excluding hydrogens is 537 g/mol. The lowest BCUT2D eigenvalue weighted by Crippen LogP contribution is -2.52. The zero-order valence-electron chi connectivity index (χ0n) is 16.0. The Bertz CT molecular complexity index is 741. The van der Waals surface area contributed by atoms with Crippen molar-refractivity contribution in [2.75, 3.05) is 33.2 Å². The van der Waals surface area contributed by atoms with Crippen LogP contribution in [0.3, 0.4) is 0 Å². The zero-order valence-corrected chi connectivity index (χ0v) is 20.7. The molecule has 5 nitrogen and oxygen atoms in total. The van der Waals surface area contributed by atoms with Crippen molar-refractivity contribution in [2.24, 2.45) is 4.99 Å². The largest absolute Gasteiger partial charge is 0.351 e. The van der Waals surface area contributed by atoms with E-state index >= 15 is 0 Å². The summed E-state index contributed by atoms with van der Waals surface area (Å²) < 4.78 is 1.13. The molecule has 1 saturated heterocycles. The molecule has 0 bridgehead atoms. The molecule has 0 amide bonds. The molecule has 1 aromatic heterocycles. The Kier molecular flexibility index (Phi) is 8.97. The van der Waals surface area contributed by atoms with E-state index in [0.717, 1.165) is 48.2 Å². The van der Waals surface area contributed by atoms with Gasteiger partial charge in [-0.25, -0.2) is 4.98 Å². The first kappa shape index (κ1) is 22.6. The summed E-state index contributed by atoms with van der Waals surface area (Å²) in [6.45, 7) is 9.17. The van der Waals surface area contributed by atoms with Crippen molar-refractivity contribution in [3.8, 4) is 0 Å². The van der Waals surface area contributed by atoms with Gasteiger partial charge in [0.15, 0.2) is 5.96 Å². The zero-order chi connectivity index (χ0) is 18.5. The standard InChI is InChI=1S/C19H26BrN5S.HI/c1-14(16-4-6-17(20)7-5-16)24-8-10-25(11-9-24)19(21-3)23-13-18-12-22-15(2)26-18;/h4-7,12,14H,8-11,13H2,1-3H3,(H,21,23);1H. The Morgan fingerprint density at radius 1 is 1.26 bits per heavy atom. The van der Waals surface area contributed by atoms with Crippen LogP contribution in [0.25, 0.3) is 0 Å². The number of benzene rings is 1. The number of aromatic nitrogens is 1. The van der Waals surface area contributed by atoms with E-state index in [2.05, 4.69) is 72.2 Å². The van der Waals surface area contributed by atoms with Crippen LogP contribution >= 0.6 is 51.2 Å². The van der Waals surface area contributed by atoms with Gasteiger partial charge in [-0.2, -0.15) is 0 Å². The van der Waals surface area contributed by atoms with Crippen LogP contribution in [0.4, 0.5) is 0 Å². The summed E-state index contributed by atoms with van der Waals surface area (Å²) in [7, 11) is 1.86. The molecule has 27 heavy (non-hydrogen) atoms. The summed E-state index contributed by atoms with van der Waals surface area (Å²) in [5, 5.41) is 4.58. The third kappa shape index (κ3) is 6.13. The molecule has 2 heterocycles. The molecule has 0 spiro atoms. The van der Waals surface area contributed by atoms with Crippen molar-refractivity contribution in [1.29, 1.82) is 0 Å². The number of aliphatic imine (C=N–C) groups is 1. The van der Waals surface area contributed by atoms with E-state index in [1.165, 1.54) is 10.4 Å². The maximum absolute atomic E-state index is 4.46. The van der Waals surface area contributed by atoms with Crippen LogP contribution in [0.5, 0.6) is 0 Å². The molecule has 1 aliphatic heterocycles. The van der Waals surface area contributed by atoms with E-state index < -0.39 is 0 Å².